The Hall–Kier alpha value is -6.50. The fourth-order valence-electron chi connectivity index (χ4n) is 6.61. The minimum atomic E-state index is 0.382. The molecule has 220 valence electrons. The summed E-state index contributed by atoms with van der Waals surface area (Å²) in [6.07, 6.45) is 0. The molecule has 0 spiro atoms. The van der Waals surface area contributed by atoms with Gasteiger partial charge >= 0.3 is 0 Å². The maximum Gasteiger partial charge on any atom is 0.142 e. The van der Waals surface area contributed by atoms with Gasteiger partial charge in [-0.2, -0.15) is 5.26 Å². The lowest BCUT2D eigenvalue weighted by molar-refractivity contribution is 1.16. The van der Waals surface area contributed by atoms with Gasteiger partial charge in [0.2, 0.25) is 0 Å². The van der Waals surface area contributed by atoms with Gasteiger partial charge in [-0.15, -0.1) is 0 Å². The van der Waals surface area contributed by atoms with E-state index >= 15 is 0 Å². The molecule has 0 aliphatic carbocycles. The number of hydrogen-bond donors (Lipinski definition) is 0. The molecule has 1 aromatic heterocycles. The van der Waals surface area contributed by atoms with Crippen LogP contribution in [-0.4, -0.2) is 4.98 Å². The van der Waals surface area contributed by atoms with Crippen LogP contribution in [0.4, 0.5) is 17.2 Å². The van der Waals surface area contributed by atoms with E-state index in [-0.39, 0.29) is 0 Å². The normalized spacial score (nSPS) is 11.0. The molecule has 3 nitrogen and oxygen atoms in total. The number of fused-ring (bicyclic) bond motifs is 2. The number of aromatic nitrogens is 1. The van der Waals surface area contributed by atoms with Gasteiger partial charge in [-0.25, -0.2) is 4.98 Å². The van der Waals surface area contributed by atoms with E-state index in [1.165, 1.54) is 49.4 Å². The summed E-state index contributed by atoms with van der Waals surface area (Å²) in [5, 5.41) is 14.4. The fourth-order valence-corrected chi connectivity index (χ4v) is 6.61. The molecule has 0 saturated carbocycles. The largest absolute Gasteiger partial charge is 0.295 e. The molecule has 0 aliphatic rings. The van der Waals surface area contributed by atoms with Crippen molar-refractivity contribution in [1.82, 2.24) is 4.98 Å². The zero-order valence-electron chi connectivity index (χ0n) is 25.6. The van der Waals surface area contributed by atoms with E-state index in [0.717, 1.165) is 16.9 Å². The van der Waals surface area contributed by atoms with E-state index in [1.807, 2.05) is 30.3 Å². The standard InChI is InChI=1S/C44H29N3/c45-30-35-17-12-24-42(46-35)47(36-18-5-2-6-19-36)37-27-25-32(26-28-37)43-38-20-7-9-22-40(38)44(41-23-10-8-21-39(41)43)34-16-11-15-33(29-34)31-13-3-1-4-14-31/h1-29H. The van der Waals surface area contributed by atoms with Crippen molar-refractivity contribution in [1.29, 1.82) is 5.26 Å². The van der Waals surface area contributed by atoms with Crippen molar-refractivity contribution in [3.8, 4) is 39.4 Å². The first kappa shape index (κ1) is 28.0. The van der Waals surface area contributed by atoms with Gasteiger partial charge < -0.3 is 0 Å². The van der Waals surface area contributed by atoms with E-state index < -0.39 is 0 Å². The van der Waals surface area contributed by atoms with E-state index in [9.17, 15) is 5.26 Å². The Bertz CT molecular complexity index is 2350. The molecule has 0 N–H and O–H groups in total. The Balaban J connectivity index is 1.30. The SMILES string of the molecule is N#Cc1cccc(N(c2ccccc2)c2ccc(-c3c4ccccc4c(-c4cccc(-c5ccccc5)c4)c4ccccc34)cc2)n1. The van der Waals surface area contributed by atoms with E-state index in [2.05, 4.69) is 155 Å². The summed E-state index contributed by atoms with van der Waals surface area (Å²) < 4.78 is 0. The molecule has 0 amide bonds. The van der Waals surface area contributed by atoms with Crippen molar-refractivity contribution in [2.45, 2.75) is 0 Å². The van der Waals surface area contributed by atoms with Crippen LogP contribution in [-0.2, 0) is 0 Å². The zero-order valence-corrected chi connectivity index (χ0v) is 25.6. The second-order valence-corrected chi connectivity index (χ2v) is 11.5. The van der Waals surface area contributed by atoms with Crippen molar-refractivity contribution >= 4 is 38.7 Å². The molecule has 1 heterocycles. The number of para-hydroxylation sites is 1. The number of anilines is 3. The van der Waals surface area contributed by atoms with Gasteiger partial charge in [0.15, 0.2) is 0 Å². The van der Waals surface area contributed by atoms with E-state index in [1.54, 1.807) is 6.07 Å². The topological polar surface area (TPSA) is 39.9 Å². The highest BCUT2D eigenvalue weighted by Gasteiger charge is 2.18. The van der Waals surface area contributed by atoms with Crippen LogP contribution in [0.2, 0.25) is 0 Å². The Morgan fingerprint density at radius 1 is 0.404 bits per heavy atom. The minimum absolute atomic E-state index is 0.382. The predicted molar refractivity (Wildman–Crippen MR) is 195 cm³/mol. The van der Waals surface area contributed by atoms with Crippen LogP contribution in [0.15, 0.2) is 176 Å². The molecule has 0 atom stereocenters. The highest BCUT2D eigenvalue weighted by molar-refractivity contribution is 6.21. The van der Waals surface area contributed by atoms with E-state index in [4.69, 9.17) is 0 Å². The maximum absolute atomic E-state index is 9.55. The van der Waals surface area contributed by atoms with Gasteiger partial charge in [-0.05, 0) is 97.4 Å². The predicted octanol–water partition coefficient (Wildman–Crippen LogP) is 11.7. The molecular formula is C44H29N3. The fraction of sp³-hybridized carbons (Fsp3) is 0. The van der Waals surface area contributed by atoms with Crippen LogP contribution in [0, 0.1) is 11.3 Å². The molecule has 0 saturated heterocycles. The lowest BCUT2D eigenvalue weighted by Crippen LogP contribution is -2.11. The Morgan fingerprint density at radius 2 is 0.894 bits per heavy atom. The lowest BCUT2D eigenvalue weighted by atomic mass is 9.85. The Kier molecular flexibility index (Phi) is 7.22. The second kappa shape index (κ2) is 12.1. The summed E-state index contributed by atoms with van der Waals surface area (Å²) >= 11 is 0. The third-order valence-corrected chi connectivity index (χ3v) is 8.70. The summed E-state index contributed by atoms with van der Waals surface area (Å²) in [6.45, 7) is 0. The number of benzene rings is 7. The molecule has 0 unspecified atom stereocenters. The molecule has 7 aromatic carbocycles. The van der Waals surface area contributed by atoms with Gasteiger partial charge in [-0.1, -0.05) is 133 Å². The molecule has 47 heavy (non-hydrogen) atoms. The summed E-state index contributed by atoms with van der Waals surface area (Å²) in [7, 11) is 0. The number of nitriles is 1. The van der Waals surface area contributed by atoms with Gasteiger partial charge in [-0.3, -0.25) is 4.90 Å². The molecule has 8 rings (SSSR count). The lowest BCUT2D eigenvalue weighted by Gasteiger charge is -2.25. The van der Waals surface area contributed by atoms with Crippen LogP contribution in [0.1, 0.15) is 5.69 Å². The van der Waals surface area contributed by atoms with Crippen LogP contribution >= 0.6 is 0 Å². The monoisotopic (exact) mass is 599 g/mol. The average molecular weight is 600 g/mol. The van der Waals surface area contributed by atoms with Crippen molar-refractivity contribution in [3.05, 3.63) is 182 Å². The van der Waals surface area contributed by atoms with Gasteiger partial charge in [0, 0.05) is 11.4 Å². The zero-order chi connectivity index (χ0) is 31.6. The number of rotatable bonds is 6. The minimum Gasteiger partial charge on any atom is -0.295 e. The number of nitrogens with zero attached hydrogens (tertiary/aromatic N) is 3. The smallest absolute Gasteiger partial charge is 0.142 e. The highest BCUT2D eigenvalue weighted by Crippen LogP contribution is 2.45. The molecule has 0 fully saturated rings. The summed E-state index contributed by atoms with van der Waals surface area (Å²) in [4.78, 5) is 6.72. The van der Waals surface area contributed by atoms with Gasteiger partial charge in [0.1, 0.15) is 17.6 Å². The quantitative estimate of drug-likeness (QED) is 0.179. The Morgan fingerprint density at radius 3 is 1.51 bits per heavy atom. The van der Waals surface area contributed by atoms with Crippen molar-refractivity contribution in [3.63, 3.8) is 0 Å². The second-order valence-electron chi connectivity index (χ2n) is 11.5. The van der Waals surface area contributed by atoms with Crippen molar-refractivity contribution in [2.75, 3.05) is 4.90 Å². The molecule has 0 bridgehead atoms. The third kappa shape index (κ3) is 5.19. The first-order valence-corrected chi connectivity index (χ1v) is 15.7. The van der Waals surface area contributed by atoms with Crippen LogP contribution in [0.5, 0.6) is 0 Å². The summed E-state index contributed by atoms with van der Waals surface area (Å²) in [6, 6.07) is 63.5. The highest BCUT2D eigenvalue weighted by atomic mass is 15.2. The third-order valence-electron chi connectivity index (χ3n) is 8.70. The summed E-state index contributed by atoms with van der Waals surface area (Å²) in [5.41, 5.74) is 9.52. The van der Waals surface area contributed by atoms with Crippen LogP contribution < -0.4 is 4.90 Å². The molecule has 0 aliphatic heterocycles. The first-order valence-electron chi connectivity index (χ1n) is 15.7. The number of pyridine rings is 1. The molecule has 0 radical (unpaired) electrons. The van der Waals surface area contributed by atoms with E-state index in [0.29, 0.717) is 11.5 Å². The molecular weight excluding hydrogens is 571 g/mol. The Labute approximate surface area is 274 Å². The van der Waals surface area contributed by atoms with Gasteiger partial charge in [0.05, 0.1) is 0 Å². The average Bonchev–Trinajstić information content (AvgIpc) is 3.15. The summed E-state index contributed by atoms with van der Waals surface area (Å²) in [5.74, 6) is 0.695. The van der Waals surface area contributed by atoms with Crippen molar-refractivity contribution in [2.24, 2.45) is 0 Å². The first-order chi connectivity index (χ1) is 23.3. The van der Waals surface area contributed by atoms with Crippen LogP contribution in [0.25, 0.3) is 54.9 Å². The number of hydrogen-bond acceptors (Lipinski definition) is 3. The van der Waals surface area contributed by atoms with Crippen LogP contribution in [0.3, 0.4) is 0 Å². The maximum atomic E-state index is 9.55. The van der Waals surface area contributed by atoms with Gasteiger partial charge in [0.25, 0.3) is 0 Å². The molecule has 3 heteroatoms. The molecule has 8 aromatic rings. The van der Waals surface area contributed by atoms with Crippen molar-refractivity contribution < 1.29 is 0 Å².